The van der Waals surface area contributed by atoms with E-state index in [1.54, 1.807) is 24.3 Å². The second kappa shape index (κ2) is 10.6. The second-order valence-corrected chi connectivity index (χ2v) is 5.05. The average molecular weight is 343 g/mol. The number of hydrogen-bond acceptors (Lipinski definition) is 4. The van der Waals surface area contributed by atoms with Crippen molar-refractivity contribution in [3.63, 3.8) is 0 Å². The van der Waals surface area contributed by atoms with E-state index in [9.17, 15) is 9.59 Å². The summed E-state index contributed by atoms with van der Waals surface area (Å²) in [5, 5.41) is 9.09. The molecule has 0 atom stereocenters. The van der Waals surface area contributed by atoms with Gasteiger partial charge < -0.3 is 15.6 Å². The number of amides is 1. The van der Waals surface area contributed by atoms with Crippen molar-refractivity contribution in [3.05, 3.63) is 65.2 Å². The first kappa shape index (κ1) is 19.9. The zero-order valence-electron chi connectivity index (χ0n) is 14.0. The van der Waals surface area contributed by atoms with Gasteiger partial charge in [0.1, 0.15) is 5.75 Å². The smallest absolute Gasteiger partial charge is 0.335 e. The number of aromatic carboxylic acids is 1. The Morgan fingerprint density at radius 2 is 1.76 bits per heavy atom. The highest BCUT2D eigenvalue weighted by Crippen LogP contribution is 2.24. The number of primary amides is 1. The summed E-state index contributed by atoms with van der Waals surface area (Å²) in [5.74, 6) is -0.898. The molecule has 2 rings (SSSR count). The second-order valence-electron chi connectivity index (χ2n) is 5.05. The summed E-state index contributed by atoms with van der Waals surface area (Å²) in [5.41, 5.74) is 5.20. The minimum Gasteiger partial charge on any atom is -0.493 e. The third-order valence-corrected chi connectivity index (χ3v) is 3.26. The molecule has 0 bridgehead atoms. The zero-order valence-corrected chi connectivity index (χ0v) is 14.0. The molecular formula is C19H21NO5. The molecule has 0 fully saturated rings. The van der Waals surface area contributed by atoms with Crippen molar-refractivity contribution in [2.24, 2.45) is 5.73 Å². The van der Waals surface area contributed by atoms with E-state index in [0.29, 0.717) is 23.5 Å². The van der Waals surface area contributed by atoms with Crippen LogP contribution in [0.5, 0.6) is 5.75 Å². The van der Waals surface area contributed by atoms with Crippen molar-refractivity contribution < 1.29 is 24.2 Å². The highest BCUT2D eigenvalue weighted by atomic mass is 16.5. The molecule has 1 amide bonds. The van der Waals surface area contributed by atoms with Gasteiger partial charge in [-0.3, -0.25) is 9.59 Å². The van der Waals surface area contributed by atoms with E-state index >= 15 is 0 Å². The molecule has 0 spiro atoms. The lowest BCUT2D eigenvalue weighted by molar-refractivity contribution is -0.106. The molecule has 25 heavy (non-hydrogen) atoms. The first-order valence-electron chi connectivity index (χ1n) is 7.80. The third kappa shape index (κ3) is 6.10. The minimum atomic E-state index is -1.04. The van der Waals surface area contributed by atoms with Crippen LogP contribution in [0.15, 0.2) is 48.5 Å². The molecular weight excluding hydrogens is 322 g/mol. The summed E-state index contributed by atoms with van der Waals surface area (Å²) in [6, 6.07) is 13.2. The Morgan fingerprint density at radius 3 is 2.32 bits per heavy atom. The lowest BCUT2D eigenvalue weighted by Gasteiger charge is -2.11. The first-order chi connectivity index (χ1) is 12.0. The van der Waals surface area contributed by atoms with Crippen molar-refractivity contribution >= 4 is 18.2 Å². The number of carbonyl (C=O) groups is 3. The van der Waals surface area contributed by atoms with Crippen LogP contribution in [0.4, 0.5) is 0 Å². The highest BCUT2D eigenvalue weighted by Gasteiger charge is 2.17. The van der Waals surface area contributed by atoms with Crippen LogP contribution >= 0.6 is 0 Å². The van der Waals surface area contributed by atoms with Gasteiger partial charge in [0.25, 0.3) is 0 Å². The van der Waals surface area contributed by atoms with Crippen LogP contribution in [-0.2, 0) is 4.79 Å². The number of benzene rings is 2. The van der Waals surface area contributed by atoms with E-state index < -0.39 is 5.97 Å². The quantitative estimate of drug-likeness (QED) is 0.457. The van der Waals surface area contributed by atoms with Crippen molar-refractivity contribution in [3.8, 4) is 5.75 Å². The molecule has 0 saturated heterocycles. The maximum atomic E-state index is 12.6. The Kier molecular flexibility index (Phi) is 8.43. The van der Waals surface area contributed by atoms with Gasteiger partial charge in [-0.05, 0) is 24.6 Å². The van der Waals surface area contributed by atoms with E-state index in [-0.39, 0.29) is 17.8 Å². The number of unbranched alkanes of at least 4 members (excludes halogenated alkanes) is 1. The Balaban J connectivity index is 0.000000970. The maximum absolute atomic E-state index is 12.6. The van der Waals surface area contributed by atoms with Gasteiger partial charge in [-0.2, -0.15) is 0 Å². The molecule has 0 aliphatic rings. The SMILES string of the molecule is CCCCOc1cc(C(=O)O)ccc1C(=O)c1ccccc1.NC=O. The van der Waals surface area contributed by atoms with Gasteiger partial charge in [0, 0.05) is 5.56 Å². The lowest BCUT2D eigenvalue weighted by Crippen LogP contribution is -2.08. The molecule has 2 aromatic carbocycles. The largest absolute Gasteiger partial charge is 0.493 e. The molecule has 132 valence electrons. The summed E-state index contributed by atoms with van der Waals surface area (Å²) in [7, 11) is 0. The summed E-state index contributed by atoms with van der Waals surface area (Å²) in [6.07, 6.45) is 2.05. The van der Waals surface area contributed by atoms with Crippen LogP contribution in [0.2, 0.25) is 0 Å². The number of carboxylic acid groups (broad SMARTS) is 1. The highest BCUT2D eigenvalue weighted by molar-refractivity contribution is 6.11. The minimum absolute atomic E-state index is 0.108. The third-order valence-electron chi connectivity index (χ3n) is 3.26. The molecule has 0 saturated carbocycles. The molecule has 6 heteroatoms. The van der Waals surface area contributed by atoms with Crippen molar-refractivity contribution in [1.29, 1.82) is 0 Å². The standard InChI is InChI=1S/C18H18O4.CH3NO/c1-2-3-11-22-16-12-14(18(20)21)9-10-15(16)17(19)13-7-5-4-6-8-13;2-1-3/h4-10,12H,2-3,11H2,1H3,(H,20,21);1H,(H2,2,3). The normalized spacial score (nSPS) is 9.48. The number of carboxylic acids is 1. The van der Waals surface area contributed by atoms with Crippen molar-refractivity contribution in [2.45, 2.75) is 19.8 Å². The van der Waals surface area contributed by atoms with Gasteiger partial charge >= 0.3 is 5.97 Å². The number of hydrogen-bond donors (Lipinski definition) is 2. The fourth-order valence-electron chi connectivity index (χ4n) is 2.03. The molecule has 2 aromatic rings. The summed E-state index contributed by atoms with van der Waals surface area (Å²) in [4.78, 5) is 32.2. The average Bonchev–Trinajstić information content (AvgIpc) is 2.62. The van der Waals surface area contributed by atoms with Crippen LogP contribution in [-0.4, -0.2) is 29.9 Å². The number of ketones is 1. The summed E-state index contributed by atoms with van der Waals surface area (Å²) in [6.45, 7) is 2.49. The Labute approximate surface area is 146 Å². The molecule has 0 aliphatic heterocycles. The van der Waals surface area contributed by atoms with Crippen LogP contribution in [0.25, 0.3) is 0 Å². The molecule has 0 radical (unpaired) electrons. The molecule has 3 N–H and O–H groups in total. The van der Waals surface area contributed by atoms with E-state index in [1.165, 1.54) is 18.2 Å². The fraction of sp³-hybridized carbons (Fsp3) is 0.211. The fourth-order valence-corrected chi connectivity index (χ4v) is 2.03. The Bertz CT molecular complexity index is 713. The molecule has 0 heterocycles. The Hall–Kier alpha value is -3.15. The number of carbonyl (C=O) groups excluding carboxylic acids is 2. The Morgan fingerprint density at radius 1 is 1.12 bits per heavy atom. The molecule has 6 nitrogen and oxygen atoms in total. The van der Waals surface area contributed by atoms with E-state index in [4.69, 9.17) is 14.6 Å². The van der Waals surface area contributed by atoms with Gasteiger partial charge in [-0.25, -0.2) is 4.79 Å². The summed E-state index contributed by atoms with van der Waals surface area (Å²) >= 11 is 0. The van der Waals surface area contributed by atoms with Gasteiger partial charge in [0.2, 0.25) is 6.41 Å². The maximum Gasteiger partial charge on any atom is 0.335 e. The molecule has 0 aromatic heterocycles. The van der Waals surface area contributed by atoms with E-state index in [2.05, 4.69) is 5.73 Å². The van der Waals surface area contributed by atoms with Gasteiger partial charge in [0.05, 0.1) is 17.7 Å². The van der Waals surface area contributed by atoms with E-state index in [1.807, 2.05) is 13.0 Å². The van der Waals surface area contributed by atoms with Crippen molar-refractivity contribution in [1.82, 2.24) is 0 Å². The number of nitrogens with two attached hydrogens (primary N) is 1. The van der Waals surface area contributed by atoms with E-state index in [0.717, 1.165) is 12.8 Å². The zero-order chi connectivity index (χ0) is 18.7. The monoisotopic (exact) mass is 343 g/mol. The van der Waals surface area contributed by atoms with Crippen LogP contribution in [0.1, 0.15) is 46.0 Å². The van der Waals surface area contributed by atoms with Gasteiger partial charge in [0.15, 0.2) is 5.78 Å². The van der Waals surface area contributed by atoms with Crippen LogP contribution in [0.3, 0.4) is 0 Å². The first-order valence-corrected chi connectivity index (χ1v) is 7.80. The predicted molar refractivity (Wildman–Crippen MR) is 93.9 cm³/mol. The van der Waals surface area contributed by atoms with Crippen LogP contribution in [0, 0.1) is 0 Å². The van der Waals surface area contributed by atoms with Crippen molar-refractivity contribution in [2.75, 3.05) is 6.61 Å². The topological polar surface area (TPSA) is 107 Å². The van der Waals surface area contributed by atoms with Crippen LogP contribution < -0.4 is 10.5 Å². The molecule has 0 aliphatic carbocycles. The predicted octanol–water partition coefficient (Wildman–Crippen LogP) is 2.90. The van der Waals surface area contributed by atoms with Gasteiger partial charge in [-0.1, -0.05) is 43.7 Å². The summed E-state index contributed by atoms with van der Waals surface area (Å²) < 4.78 is 5.63. The lowest BCUT2D eigenvalue weighted by atomic mass is 10.0. The number of rotatable bonds is 7. The van der Waals surface area contributed by atoms with Gasteiger partial charge in [-0.15, -0.1) is 0 Å². The molecule has 0 unspecified atom stereocenters. The number of ether oxygens (including phenoxy) is 1.